The monoisotopic (exact) mass is 482 g/mol. The zero-order valence-electron chi connectivity index (χ0n) is 19.5. The minimum absolute atomic E-state index is 0.250. The lowest BCUT2D eigenvalue weighted by Crippen LogP contribution is -2.09. The van der Waals surface area contributed by atoms with Crippen LogP contribution >= 0.6 is 15.9 Å². The molecular formula is C25H31BrN4O. The van der Waals surface area contributed by atoms with Gasteiger partial charge in [0.1, 0.15) is 5.65 Å². The van der Waals surface area contributed by atoms with Crippen LogP contribution in [0.3, 0.4) is 0 Å². The van der Waals surface area contributed by atoms with Crippen LogP contribution in [0.5, 0.6) is 0 Å². The largest absolute Gasteiger partial charge is 0.379 e. The molecule has 0 bridgehead atoms. The van der Waals surface area contributed by atoms with Gasteiger partial charge >= 0.3 is 0 Å². The Morgan fingerprint density at radius 2 is 1.65 bits per heavy atom. The van der Waals surface area contributed by atoms with Crippen LogP contribution in [0.15, 0.2) is 22.8 Å². The number of benzene rings is 1. The zero-order valence-corrected chi connectivity index (χ0v) is 21.1. The van der Waals surface area contributed by atoms with E-state index < -0.39 is 0 Å². The van der Waals surface area contributed by atoms with Crippen LogP contribution in [0.4, 0.5) is 0 Å². The lowest BCUT2D eigenvalue weighted by atomic mass is 9.94. The van der Waals surface area contributed by atoms with Gasteiger partial charge in [0.05, 0.1) is 27.7 Å². The number of halogens is 1. The third kappa shape index (κ3) is 3.92. The Hall–Kier alpha value is -2.18. The number of fused-ring (bicyclic) bond motifs is 3. The molecule has 0 aliphatic heterocycles. The molecule has 3 heterocycles. The standard InChI is InChI=1S/C25H31BrN4O/c1-14(2)31-10-8-9-29-21(26)13-20-18(6)27-24-23(19(7)28-30(24)25(20)29)22-16(4)11-15(3)12-17(22)5/h11-14H,8-10H2,1-7H3. The summed E-state index contributed by atoms with van der Waals surface area (Å²) in [4.78, 5) is 5.02. The molecule has 4 aromatic rings. The molecule has 0 N–H and O–H groups in total. The van der Waals surface area contributed by atoms with Gasteiger partial charge in [-0.25, -0.2) is 4.98 Å². The molecule has 0 saturated heterocycles. The van der Waals surface area contributed by atoms with Crippen molar-refractivity contribution < 1.29 is 4.74 Å². The number of nitrogens with zero attached hydrogens (tertiary/aromatic N) is 4. The maximum atomic E-state index is 5.76. The van der Waals surface area contributed by atoms with Crippen molar-refractivity contribution in [3.8, 4) is 11.1 Å². The van der Waals surface area contributed by atoms with Crippen LogP contribution in [0.2, 0.25) is 0 Å². The average Bonchev–Trinajstić information content (AvgIpc) is 3.16. The minimum atomic E-state index is 0.250. The summed E-state index contributed by atoms with van der Waals surface area (Å²) in [7, 11) is 0. The van der Waals surface area contributed by atoms with E-state index in [1.165, 1.54) is 22.3 Å². The molecule has 0 radical (unpaired) electrons. The van der Waals surface area contributed by atoms with Crippen molar-refractivity contribution >= 4 is 32.6 Å². The number of hydrogen-bond acceptors (Lipinski definition) is 3. The highest BCUT2D eigenvalue weighted by Crippen LogP contribution is 2.36. The molecule has 0 unspecified atom stereocenters. The second kappa shape index (κ2) is 8.40. The van der Waals surface area contributed by atoms with Crippen molar-refractivity contribution in [2.24, 2.45) is 0 Å². The number of rotatable bonds is 6. The van der Waals surface area contributed by atoms with E-state index in [1.54, 1.807) is 0 Å². The highest BCUT2D eigenvalue weighted by molar-refractivity contribution is 9.10. The van der Waals surface area contributed by atoms with Gasteiger partial charge in [-0.15, -0.1) is 0 Å². The topological polar surface area (TPSA) is 44.4 Å². The van der Waals surface area contributed by atoms with E-state index in [4.69, 9.17) is 14.8 Å². The first-order valence-electron chi connectivity index (χ1n) is 10.9. The van der Waals surface area contributed by atoms with Gasteiger partial charge in [-0.3, -0.25) is 0 Å². The first-order valence-corrected chi connectivity index (χ1v) is 11.7. The molecule has 31 heavy (non-hydrogen) atoms. The first-order chi connectivity index (χ1) is 14.7. The Labute approximate surface area is 192 Å². The van der Waals surface area contributed by atoms with Gasteiger partial charge in [-0.1, -0.05) is 17.7 Å². The van der Waals surface area contributed by atoms with Gasteiger partial charge in [0.25, 0.3) is 0 Å². The Bertz CT molecular complexity index is 1260. The fourth-order valence-electron chi connectivity index (χ4n) is 4.61. The van der Waals surface area contributed by atoms with Gasteiger partial charge in [-0.05, 0) is 93.6 Å². The maximum Gasteiger partial charge on any atom is 0.165 e. The molecule has 6 heteroatoms. The molecule has 0 amide bonds. The van der Waals surface area contributed by atoms with Crippen molar-refractivity contribution in [1.29, 1.82) is 0 Å². The van der Waals surface area contributed by atoms with Gasteiger partial charge < -0.3 is 9.30 Å². The predicted molar refractivity (Wildman–Crippen MR) is 131 cm³/mol. The zero-order chi connectivity index (χ0) is 22.4. The summed E-state index contributed by atoms with van der Waals surface area (Å²) in [6, 6.07) is 6.63. The molecule has 1 aromatic carbocycles. The molecule has 0 saturated carbocycles. The fourth-order valence-corrected chi connectivity index (χ4v) is 5.18. The summed E-state index contributed by atoms with van der Waals surface area (Å²) >= 11 is 3.77. The van der Waals surface area contributed by atoms with E-state index in [9.17, 15) is 0 Å². The quantitative estimate of drug-likeness (QED) is 0.295. The molecule has 3 aromatic heterocycles. The maximum absolute atomic E-state index is 5.76. The van der Waals surface area contributed by atoms with E-state index in [0.717, 1.165) is 57.8 Å². The Morgan fingerprint density at radius 3 is 2.29 bits per heavy atom. The molecule has 164 valence electrons. The van der Waals surface area contributed by atoms with Crippen molar-refractivity contribution in [3.63, 3.8) is 0 Å². The van der Waals surface area contributed by atoms with E-state index in [2.05, 4.69) is 87.2 Å². The summed E-state index contributed by atoms with van der Waals surface area (Å²) in [6.45, 7) is 16.4. The van der Waals surface area contributed by atoms with Crippen molar-refractivity contribution in [2.75, 3.05) is 6.61 Å². The molecule has 0 fully saturated rings. The smallest absolute Gasteiger partial charge is 0.165 e. The minimum Gasteiger partial charge on any atom is -0.379 e. The number of hydrogen-bond donors (Lipinski definition) is 0. The van der Waals surface area contributed by atoms with Gasteiger partial charge in [0.15, 0.2) is 5.65 Å². The fraction of sp³-hybridized carbons (Fsp3) is 0.440. The lowest BCUT2D eigenvalue weighted by Gasteiger charge is -2.12. The molecule has 0 aliphatic rings. The molecule has 0 aliphatic carbocycles. The van der Waals surface area contributed by atoms with Crippen LogP contribution in [0.1, 0.15) is 48.3 Å². The molecule has 4 rings (SSSR count). The second-order valence-electron chi connectivity index (χ2n) is 8.80. The summed E-state index contributed by atoms with van der Waals surface area (Å²) in [5, 5.41) is 6.10. The Kier molecular flexibility index (Phi) is 5.97. The van der Waals surface area contributed by atoms with Crippen LogP contribution in [0, 0.1) is 34.6 Å². The summed E-state index contributed by atoms with van der Waals surface area (Å²) in [6.07, 6.45) is 1.19. The molecule has 0 spiro atoms. The van der Waals surface area contributed by atoms with Crippen LogP contribution < -0.4 is 0 Å². The van der Waals surface area contributed by atoms with Gasteiger partial charge in [0.2, 0.25) is 0 Å². The summed E-state index contributed by atoms with van der Waals surface area (Å²) in [5.41, 5.74) is 10.2. The second-order valence-corrected chi connectivity index (χ2v) is 9.61. The third-order valence-corrected chi connectivity index (χ3v) is 6.48. The highest BCUT2D eigenvalue weighted by atomic mass is 79.9. The highest BCUT2D eigenvalue weighted by Gasteiger charge is 2.22. The van der Waals surface area contributed by atoms with E-state index >= 15 is 0 Å². The first kappa shape index (κ1) is 22.0. The van der Waals surface area contributed by atoms with Crippen LogP contribution in [0.25, 0.3) is 27.8 Å². The van der Waals surface area contributed by atoms with Crippen LogP contribution in [-0.4, -0.2) is 31.9 Å². The van der Waals surface area contributed by atoms with E-state index in [0.29, 0.717) is 0 Å². The molecule has 0 atom stereocenters. The molecule has 5 nitrogen and oxygen atoms in total. The van der Waals surface area contributed by atoms with E-state index in [1.807, 2.05) is 4.52 Å². The third-order valence-electron chi connectivity index (χ3n) is 5.82. The SMILES string of the molecule is Cc1cc(C)c(-c2c(C)nn3c2nc(C)c2cc(Br)n(CCCOC(C)C)c23)c(C)c1. The average molecular weight is 483 g/mol. The number of aryl methyl sites for hydroxylation is 6. The van der Waals surface area contributed by atoms with Crippen molar-refractivity contribution in [1.82, 2.24) is 19.2 Å². The molecular weight excluding hydrogens is 452 g/mol. The number of aromatic nitrogens is 4. The normalized spacial score (nSPS) is 12.0. The predicted octanol–water partition coefficient (Wildman–Crippen LogP) is 6.47. The summed E-state index contributed by atoms with van der Waals surface area (Å²) < 4.78 is 11.1. The van der Waals surface area contributed by atoms with Crippen molar-refractivity contribution in [2.45, 2.75) is 67.5 Å². The summed E-state index contributed by atoms with van der Waals surface area (Å²) in [5.74, 6) is 0. The Balaban J connectivity index is 1.92. The van der Waals surface area contributed by atoms with Gasteiger partial charge in [0, 0.05) is 18.5 Å². The van der Waals surface area contributed by atoms with Crippen LogP contribution in [-0.2, 0) is 11.3 Å². The van der Waals surface area contributed by atoms with E-state index in [-0.39, 0.29) is 6.10 Å². The lowest BCUT2D eigenvalue weighted by molar-refractivity contribution is 0.0749. The van der Waals surface area contributed by atoms with Crippen molar-refractivity contribution in [3.05, 3.63) is 50.9 Å². The van der Waals surface area contributed by atoms with Gasteiger partial charge in [-0.2, -0.15) is 9.61 Å². The number of ether oxygens (including phenoxy) is 1. The Morgan fingerprint density at radius 1 is 0.968 bits per heavy atom.